The summed E-state index contributed by atoms with van der Waals surface area (Å²) in [7, 11) is 4.16. The maximum atomic E-state index is 11.0. The number of likely N-dealkylation sites (N-methyl/N-ethyl adjacent to an activating group) is 1. The summed E-state index contributed by atoms with van der Waals surface area (Å²) < 4.78 is 30.9. The molecule has 0 unspecified atom stereocenters. The van der Waals surface area contributed by atoms with E-state index in [1.807, 2.05) is 25.9 Å². The molecule has 1 N–H and O–H groups in total. The van der Waals surface area contributed by atoms with Crippen molar-refractivity contribution < 1.29 is 13.0 Å². The lowest BCUT2D eigenvalue weighted by molar-refractivity contribution is 0.413. The molecule has 0 saturated heterocycles. The van der Waals surface area contributed by atoms with Gasteiger partial charge in [0.05, 0.1) is 4.90 Å². The van der Waals surface area contributed by atoms with E-state index < -0.39 is 10.1 Å². The number of hydrogen-bond donors (Lipinski definition) is 2. The summed E-state index contributed by atoms with van der Waals surface area (Å²) in [6.07, 6.45) is 0.766. The number of nitrogens with zero attached hydrogens (tertiary/aromatic N) is 1. The summed E-state index contributed by atoms with van der Waals surface area (Å²) in [6.45, 7) is 2.77. The maximum Gasteiger partial charge on any atom is 0.294 e. The third-order valence-corrected chi connectivity index (χ3v) is 3.30. The van der Waals surface area contributed by atoms with E-state index in [4.69, 9.17) is 4.55 Å². The molecule has 0 saturated carbocycles. The molecule has 0 aliphatic rings. The zero-order valence-electron chi connectivity index (χ0n) is 10.6. The summed E-state index contributed by atoms with van der Waals surface area (Å²) in [5.74, 6) is 0. The number of rotatable bonds is 4. The molecule has 0 aliphatic carbocycles. The van der Waals surface area contributed by atoms with E-state index in [0.717, 1.165) is 24.1 Å². The van der Waals surface area contributed by atoms with Gasteiger partial charge < -0.3 is 4.90 Å². The summed E-state index contributed by atoms with van der Waals surface area (Å²) in [5, 5.41) is 0. The van der Waals surface area contributed by atoms with Crippen LogP contribution in [0.5, 0.6) is 0 Å². The topological polar surface area (TPSA) is 57.6 Å². The Morgan fingerprint density at radius 2 is 1.89 bits per heavy atom. The first-order valence-corrected chi connectivity index (χ1v) is 7.98. The Labute approximate surface area is 119 Å². The van der Waals surface area contributed by atoms with Gasteiger partial charge in [0.1, 0.15) is 0 Å². The van der Waals surface area contributed by atoms with Gasteiger partial charge in [-0.25, -0.2) is 0 Å². The van der Waals surface area contributed by atoms with E-state index in [-0.39, 0.29) is 4.90 Å². The summed E-state index contributed by atoms with van der Waals surface area (Å²) >= 11 is 3.00. The fourth-order valence-electron chi connectivity index (χ4n) is 1.42. The van der Waals surface area contributed by atoms with E-state index in [2.05, 4.69) is 22.5 Å². The Morgan fingerprint density at radius 3 is 2.33 bits per heavy atom. The number of halogens is 1. The Bertz CT molecular complexity index is 475. The molecule has 0 fully saturated rings. The smallest absolute Gasteiger partial charge is 0.294 e. The first-order chi connectivity index (χ1) is 8.30. The number of aryl methyl sites for hydroxylation is 1. The van der Waals surface area contributed by atoms with Crippen molar-refractivity contribution in [2.24, 2.45) is 0 Å². The quantitative estimate of drug-likeness (QED) is 0.662. The van der Waals surface area contributed by atoms with Crippen LogP contribution >= 0.6 is 22.5 Å². The van der Waals surface area contributed by atoms with E-state index in [1.165, 1.54) is 12.1 Å². The van der Waals surface area contributed by atoms with Gasteiger partial charge in [0.2, 0.25) is 0 Å². The van der Waals surface area contributed by atoms with Crippen LogP contribution in [0.3, 0.4) is 0 Å². The summed E-state index contributed by atoms with van der Waals surface area (Å²) in [4.78, 5) is 1.99. The van der Waals surface area contributed by atoms with Crippen LogP contribution in [-0.2, 0) is 16.5 Å². The third kappa shape index (κ3) is 6.06. The molecule has 0 aromatic heterocycles. The van der Waals surface area contributed by atoms with Crippen molar-refractivity contribution in [1.82, 2.24) is 4.90 Å². The van der Waals surface area contributed by atoms with Crippen molar-refractivity contribution in [1.29, 1.82) is 0 Å². The monoisotopic (exact) mass is 311 g/mol. The first-order valence-electron chi connectivity index (χ1n) is 5.19. The fourth-order valence-corrected chi connectivity index (χ4v) is 1.95. The predicted molar refractivity (Wildman–Crippen MR) is 78.1 cm³/mol. The number of thiol groups is 1. The van der Waals surface area contributed by atoms with Crippen molar-refractivity contribution in [2.75, 3.05) is 20.6 Å². The standard InChI is InChI=1S/C11H17NO3S.ClHS/c1-9-4-5-11(16(13,14)15)8-10(9)6-7-12(2)3;1-2/h4-5,8H,6-7H2,1-3H3,(H,13,14,15);2H. The fraction of sp³-hybridized carbons (Fsp3) is 0.455. The van der Waals surface area contributed by atoms with Gasteiger partial charge >= 0.3 is 0 Å². The zero-order valence-corrected chi connectivity index (χ0v) is 13.1. The van der Waals surface area contributed by atoms with Crippen molar-refractivity contribution in [3.05, 3.63) is 29.3 Å². The average Bonchev–Trinajstić information content (AvgIpc) is 2.29. The molecule has 0 atom stereocenters. The van der Waals surface area contributed by atoms with Crippen LogP contribution in [0.25, 0.3) is 0 Å². The highest BCUT2D eigenvalue weighted by Gasteiger charge is 2.11. The van der Waals surface area contributed by atoms with Crippen LogP contribution in [0, 0.1) is 6.92 Å². The Hall–Kier alpha value is -0.270. The molecule has 0 spiro atoms. The van der Waals surface area contributed by atoms with Crippen molar-refractivity contribution >= 4 is 32.6 Å². The number of hydrogen-bond acceptors (Lipinski definition) is 4. The van der Waals surface area contributed by atoms with Gasteiger partial charge in [0, 0.05) is 6.54 Å². The van der Waals surface area contributed by atoms with Gasteiger partial charge in [-0.1, -0.05) is 17.9 Å². The Balaban J connectivity index is 0.00000137. The largest absolute Gasteiger partial charge is 0.309 e. The van der Waals surface area contributed by atoms with Gasteiger partial charge in [-0.15, -0.1) is 0 Å². The highest BCUT2D eigenvalue weighted by molar-refractivity contribution is 8.05. The highest BCUT2D eigenvalue weighted by Crippen LogP contribution is 2.16. The van der Waals surface area contributed by atoms with Gasteiger partial charge in [-0.2, -0.15) is 8.42 Å². The molecule has 104 valence electrons. The van der Waals surface area contributed by atoms with Gasteiger partial charge in [-0.05, 0) is 61.4 Å². The SMILES string of the molecule is Cc1ccc(S(=O)(=O)O)cc1CCN(C)C.SCl. The molecule has 0 amide bonds. The molecule has 0 bridgehead atoms. The molecule has 0 aliphatic heterocycles. The van der Waals surface area contributed by atoms with Crippen LogP contribution in [0.2, 0.25) is 0 Å². The summed E-state index contributed by atoms with van der Waals surface area (Å²) in [6, 6.07) is 4.67. The average molecular weight is 312 g/mol. The normalized spacial score (nSPS) is 11.1. The van der Waals surface area contributed by atoms with Crippen LogP contribution in [-0.4, -0.2) is 38.5 Å². The zero-order chi connectivity index (χ0) is 14.3. The maximum absolute atomic E-state index is 11.0. The van der Waals surface area contributed by atoms with E-state index in [0.29, 0.717) is 0 Å². The minimum Gasteiger partial charge on any atom is -0.309 e. The van der Waals surface area contributed by atoms with Crippen molar-refractivity contribution in [3.63, 3.8) is 0 Å². The highest BCUT2D eigenvalue weighted by atomic mass is 35.7. The van der Waals surface area contributed by atoms with Crippen LogP contribution in [0.15, 0.2) is 23.1 Å². The predicted octanol–water partition coefficient (Wildman–Crippen LogP) is 2.42. The molecule has 0 radical (unpaired) electrons. The molecular formula is C11H18ClNO3S2. The third-order valence-electron chi connectivity index (χ3n) is 2.45. The lowest BCUT2D eigenvalue weighted by Crippen LogP contribution is -2.15. The molecule has 1 aromatic rings. The van der Waals surface area contributed by atoms with E-state index >= 15 is 0 Å². The van der Waals surface area contributed by atoms with Gasteiger partial charge in [0.25, 0.3) is 10.1 Å². The molecule has 1 rings (SSSR count). The van der Waals surface area contributed by atoms with E-state index in [9.17, 15) is 8.42 Å². The Kier molecular flexibility index (Phi) is 7.89. The second-order valence-corrected chi connectivity index (χ2v) is 5.54. The molecule has 1 aromatic carbocycles. The molecule has 0 heterocycles. The second-order valence-electron chi connectivity index (χ2n) is 4.12. The minimum atomic E-state index is -4.09. The summed E-state index contributed by atoms with van der Waals surface area (Å²) in [5.41, 5.74) is 1.98. The first kappa shape index (κ1) is 17.7. The Morgan fingerprint density at radius 1 is 1.33 bits per heavy atom. The van der Waals surface area contributed by atoms with Gasteiger partial charge in [0.15, 0.2) is 0 Å². The molecular weight excluding hydrogens is 294 g/mol. The minimum absolute atomic E-state index is 0.0353. The molecule has 4 nitrogen and oxygen atoms in total. The molecule has 7 heteroatoms. The molecule has 18 heavy (non-hydrogen) atoms. The van der Waals surface area contributed by atoms with Crippen LogP contribution in [0.1, 0.15) is 11.1 Å². The van der Waals surface area contributed by atoms with E-state index in [1.54, 1.807) is 6.07 Å². The van der Waals surface area contributed by atoms with Gasteiger partial charge in [-0.3, -0.25) is 4.55 Å². The van der Waals surface area contributed by atoms with Crippen molar-refractivity contribution in [2.45, 2.75) is 18.2 Å². The lowest BCUT2D eigenvalue weighted by Gasteiger charge is -2.11. The second kappa shape index (κ2) is 8.01. The van der Waals surface area contributed by atoms with Crippen LogP contribution in [0.4, 0.5) is 0 Å². The van der Waals surface area contributed by atoms with Crippen molar-refractivity contribution in [3.8, 4) is 0 Å². The lowest BCUT2D eigenvalue weighted by atomic mass is 10.1. The number of benzene rings is 1. The van der Waals surface area contributed by atoms with Crippen LogP contribution < -0.4 is 0 Å².